The van der Waals surface area contributed by atoms with E-state index in [1.54, 1.807) is 0 Å². The van der Waals surface area contributed by atoms with Crippen LogP contribution < -0.4 is 0 Å². The highest BCUT2D eigenvalue weighted by molar-refractivity contribution is 5.33. The van der Waals surface area contributed by atoms with Crippen LogP contribution in [0.15, 0.2) is 42.5 Å². The van der Waals surface area contributed by atoms with Crippen LogP contribution in [0.2, 0.25) is 0 Å². The van der Waals surface area contributed by atoms with Crippen molar-refractivity contribution in [1.29, 1.82) is 0 Å². The Labute approximate surface area is 132 Å². The van der Waals surface area contributed by atoms with Gasteiger partial charge in [-0.3, -0.25) is 0 Å². The van der Waals surface area contributed by atoms with E-state index in [9.17, 15) is 0 Å². The number of ether oxygens (including phenoxy) is 2. The van der Waals surface area contributed by atoms with Gasteiger partial charge in [-0.05, 0) is 42.1 Å². The van der Waals surface area contributed by atoms with E-state index in [-0.39, 0.29) is 11.7 Å². The topological polar surface area (TPSA) is 18.5 Å². The largest absolute Gasteiger partial charge is 0.352 e. The Bertz CT molecular complexity index is 583. The lowest BCUT2D eigenvalue weighted by molar-refractivity contribution is -0.209. The smallest absolute Gasteiger partial charge is 0.164 e. The van der Waals surface area contributed by atoms with Crippen LogP contribution in [0.4, 0.5) is 0 Å². The van der Waals surface area contributed by atoms with Crippen LogP contribution in [0.5, 0.6) is 0 Å². The maximum absolute atomic E-state index is 6.29. The lowest BCUT2D eigenvalue weighted by Gasteiger charge is -2.44. The number of rotatable bonds is 2. The van der Waals surface area contributed by atoms with Crippen molar-refractivity contribution in [3.63, 3.8) is 0 Å². The van der Waals surface area contributed by atoms with E-state index in [0.29, 0.717) is 17.8 Å². The summed E-state index contributed by atoms with van der Waals surface area (Å²) >= 11 is 0. The normalized spacial score (nSPS) is 49.0. The number of allylic oxidation sites excluding steroid dienone is 2. The molecule has 3 aliphatic carbocycles. The zero-order valence-electron chi connectivity index (χ0n) is 13.2. The summed E-state index contributed by atoms with van der Waals surface area (Å²) in [6.45, 7) is 4.20. The van der Waals surface area contributed by atoms with Crippen molar-refractivity contribution >= 4 is 0 Å². The predicted molar refractivity (Wildman–Crippen MR) is 85.3 cm³/mol. The van der Waals surface area contributed by atoms with Gasteiger partial charge < -0.3 is 9.47 Å². The van der Waals surface area contributed by atoms with E-state index in [1.807, 2.05) is 0 Å². The van der Waals surface area contributed by atoms with Crippen molar-refractivity contribution in [3.8, 4) is 0 Å². The monoisotopic (exact) mass is 296 g/mol. The fourth-order valence-electron chi connectivity index (χ4n) is 5.26. The van der Waals surface area contributed by atoms with Gasteiger partial charge in [-0.25, -0.2) is 0 Å². The minimum absolute atomic E-state index is 0.0505. The summed E-state index contributed by atoms with van der Waals surface area (Å²) < 4.78 is 12.6. The Morgan fingerprint density at radius 1 is 0.955 bits per heavy atom. The molecule has 0 radical (unpaired) electrons. The Kier molecular flexibility index (Phi) is 2.84. The van der Waals surface area contributed by atoms with E-state index in [2.05, 4.69) is 49.4 Å². The van der Waals surface area contributed by atoms with Crippen LogP contribution in [0.1, 0.15) is 31.2 Å². The van der Waals surface area contributed by atoms with Gasteiger partial charge >= 0.3 is 0 Å². The highest BCUT2D eigenvalue weighted by Crippen LogP contribution is 2.63. The third-order valence-corrected chi connectivity index (χ3v) is 6.67. The van der Waals surface area contributed by atoms with Gasteiger partial charge in [-0.2, -0.15) is 0 Å². The zero-order valence-corrected chi connectivity index (χ0v) is 13.2. The Morgan fingerprint density at radius 3 is 2.41 bits per heavy atom. The van der Waals surface area contributed by atoms with Gasteiger partial charge in [0.15, 0.2) is 6.29 Å². The molecule has 1 saturated heterocycles. The van der Waals surface area contributed by atoms with E-state index >= 15 is 0 Å². The molecule has 1 aromatic rings. The van der Waals surface area contributed by atoms with Crippen molar-refractivity contribution < 1.29 is 9.47 Å². The Balaban J connectivity index is 1.51. The molecular formula is C20H24O2. The molecule has 0 amide bonds. The average molecular weight is 296 g/mol. The first-order chi connectivity index (χ1) is 10.8. The molecule has 7 atom stereocenters. The zero-order chi connectivity index (χ0) is 14.7. The molecule has 22 heavy (non-hydrogen) atoms. The molecule has 1 heterocycles. The van der Waals surface area contributed by atoms with E-state index in [4.69, 9.17) is 9.47 Å². The summed E-state index contributed by atoms with van der Waals surface area (Å²) in [6, 6.07) is 11.0. The van der Waals surface area contributed by atoms with Crippen molar-refractivity contribution in [1.82, 2.24) is 0 Å². The van der Waals surface area contributed by atoms with Crippen LogP contribution in [-0.2, 0) is 9.47 Å². The molecule has 0 aromatic heterocycles. The SMILES string of the molecule is C[C@@]1(C2OC[C@@H]3C[C@@H]3CO2)[C@H](c2ccccc2)[C@@H]2C=C[C@H]1C2. The highest BCUT2D eigenvalue weighted by Gasteiger charge is 2.59. The second-order valence-corrected chi connectivity index (χ2v) is 7.90. The summed E-state index contributed by atoms with van der Waals surface area (Å²) in [5.41, 5.74) is 1.51. The first kappa shape index (κ1) is 13.3. The van der Waals surface area contributed by atoms with Crippen LogP contribution in [-0.4, -0.2) is 19.5 Å². The van der Waals surface area contributed by atoms with Gasteiger partial charge in [-0.1, -0.05) is 49.4 Å². The summed E-state index contributed by atoms with van der Waals surface area (Å²) in [7, 11) is 0. The van der Waals surface area contributed by atoms with E-state index in [0.717, 1.165) is 25.0 Å². The van der Waals surface area contributed by atoms with Crippen molar-refractivity contribution in [2.24, 2.45) is 29.1 Å². The summed E-state index contributed by atoms with van der Waals surface area (Å²) in [4.78, 5) is 0. The van der Waals surface area contributed by atoms with Gasteiger partial charge in [0, 0.05) is 11.3 Å². The molecule has 0 spiro atoms. The molecule has 1 aromatic carbocycles. The van der Waals surface area contributed by atoms with Crippen molar-refractivity contribution in [3.05, 3.63) is 48.0 Å². The van der Waals surface area contributed by atoms with Crippen LogP contribution >= 0.6 is 0 Å². The molecule has 5 rings (SSSR count). The fourth-order valence-corrected chi connectivity index (χ4v) is 5.26. The standard InChI is InChI=1S/C20H24O2/c1-20(19-21-11-15-9-16(15)12-22-19)17-8-7-14(10-17)18(20)13-5-3-2-4-6-13/h2-8,14-19H,9-12H2,1H3/t14-,15-,16+,17+,18-,19?,20+/m1/s1. The third-order valence-electron chi connectivity index (χ3n) is 6.67. The molecule has 2 heteroatoms. The third kappa shape index (κ3) is 1.80. The summed E-state index contributed by atoms with van der Waals surface area (Å²) in [5, 5.41) is 0. The number of fused-ring (bicyclic) bond motifs is 3. The summed E-state index contributed by atoms with van der Waals surface area (Å²) in [5.74, 6) is 3.27. The Hall–Kier alpha value is -1.12. The highest BCUT2D eigenvalue weighted by atomic mass is 16.7. The van der Waals surface area contributed by atoms with Gasteiger partial charge in [-0.15, -0.1) is 0 Å². The van der Waals surface area contributed by atoms with E-state index in [1.165, 1.54) is 18.4 Å². The van der Waals surface area contributed by atoms with Crippen LogP contribution in [0, 0.1) is 29.1 Å². The molecule has 2 saturated carbocycles. The number of hydrogen-bond acceptors (Lipinski definition) is 2. The van der Waals surface area contributed by atoms with Gasteiger partial charge in [0.2, 0.25) is 0 Å². The molecule has 4 aliphatic rings. The lowest BCUT2D eigenvalue weighted by atomic mass is 9.66. The molecular weight excluding hydrogens is 272 g/mol. The van der Waals surface area contributed by atoms with Crippen LogP contribution in [0.3, 0.4) is 0 Å². The molecule has 0 N–H and O–H groups in total. The maximum atomic E-state index is 6.29. The quantitative estimate of drug-likeness (QED) is 0.768. The fraction of sp³-hybridized carbons (Fsp3) is 0.600. The minimum atomic E-state index is -0.0505. The van der Waals surface area contributed by atoms with Gasteiger partial charge in [0.25, 0.3) is 0 Å². The average Bonchev–Trinajstić information content (AvgIpc) is 3.07. The molecule has 1 unspecified atom stereocenters. The van der Waals surface area contributed by atoms with Crippen molar-refractivity contribution in [2.45, 2.75) is 32.0 Å². The van der Waals surface area contributed by atoms with Gasteiger partial charge in [0.05, 0.1) is 13.2 Å². The second-order valence-electron chi connectivity index (χ2n) is 7.90. The molecule has 3 fully saturated rings. The first-order valence-corrected chi connectivity index (χ1v) is 8.73. The molecule has 116 valence electrons. The first-order valence-electron chi connectivity index (χ1n) is 8.73. The molecule has 1 aliphatic heterocycles. The number of hydrogen-bond donors (Lipinski definition) is 0. The minimum Gasteiger partial charge on any atom is -0.352 e. The maximum Gasteiger partial charge on any atom is 0.164 e. The van der Waals surface area contributed by atoms with E-state index < -0.39 is 0 Å². The predicted octanol–water partition coefficient (Wildman–Crippen LogP) is 3.99. The van der Waals surface area contributed by atoms with Crippen molar-refractivity contribution in [2.75, 3.05) is 13.2 Å². The Morgan fingerprint density at radius 2 is 1.68 bits per heavy atom. The van der Waals surface area contributed by atoms with Crippen LogP contribution in [0.25, 0.3) is 0 Å². The van der Waals surface area contributed by atoms with Gasteiger partial charge in [0.1, 0.15) is 0 Å². The second kappa shape index (κ2) is 4.69. The summed E-state index contributed by atoms with van der Waals surface area (Å²) in [6.07, 6.45) is 7.36. The lowest BCUT2D eigenvalue weighted by Crippen LogP contribution is -2.44. The molecule has 2 nitrogen and oxygen atoms in total. The molecule has 2 bridgehead atoms. The number of benzene rings is 1.